The maximum Gasteiger partial charge on any atom is 0.120 e. The molecule has 0 atom stereocenters. The van der Waals surface area contributed by atoms with Crippen LogP contribution in [0.1, 0.15) is 18.4 Å². The minimum atomic E-state index is 0. The summed E-state index contributed by atoms with van der Waals surface area (Å²) in [7, 11) is 0. The lowest BCUT2D eigenvalue weighted by atomic mass is 10.1. The van der Waals surface area contributed by atoms with Crippen molar-refractivity contribution in [3.8, 4) is 11.5 Å². The fourth-order valence-electron chi connectivity index (χ4n) is 2.46. The SMILES string of the molecule is Cl.c1ccc(COc2ccc(OC3CCNCC3)cc2)cc1. The van der Waals surface area contributed by atoms with Crippen LogP contribution in [0, 0.1) is 0 Å². The lowest BCUT2D eigenvalue weighted by Gasteiger charge is -2.23. The zero-order valence-electron chi connectivity index (χ0n) is 12.5. The van der Waals surface area contributed by atoms with E-state index in [2.05, 4.69) is 17.4 Å². The highest BCUT2D eigenvalue weighted by Crippen LogP contribution is 2.21. The summed E-state index contributed by atoms with van der Waals surface area (Å²) in [6, 6.07) is 18.1. The molecule has 0 amide bonds. The summed E-state index contributed by atoms with van der Waals surface area (Å²) in [5.74, 6) is 1.80. The normalized spacial score (nSPS) is 14.9. The Kier molecular flexibility index (Phi) is 6.56. The Labute approximate surface area is 138 Å². The van der Waals surface area contributed by atoms with Crippen molar-refractivity contribution in [3.63, 3.8) is 0 Å². The fourth-order valence-corrected chi connectivity index (χ4v) is 2.46. The van der Waals surface area contributed by atoms with Crippen molar-refractivity contribution >= 4 is 12.4 Å². The van der Waals surface area contributed by atoms with Gasteiger partial charge in [-0.05, 0) is 55.8 Å². The van der Waals surface area contributed by atoms with Gasteiger partial charge in [0.15, 0.2) is 0 Å². The fraction of sp³-hybridized carbons (Fsp3) is 0.333. The first-order chi connectivity index (χ1) is 10.4. The molecular weight excluding hydrogens is 298 g/mol. The molecule has 0 bridgehead atoms. The van der Waals surface area contributed by atoms with Gasteiger partial charge < -0.3 is 14.8 Å². The van der Waals surface area contributed by atoms with Crippen molar-refractivity contribution in [2.45, 2.75) is 25.6 Å². The van der Waals surface area contributed by atoms with Crippen LogP contribution in [0.25, 0.3) is 0 Å². The van der Waals surface area contributed by atoms with Crippen molar-refractivity contribution in [1.82, 2.24) is 5.32 Å². The largest absolute Gasteiger partial charge is 0.490 e. The first kappa shape index (κ1) is 16.7. The molecule has 0 spiro atoms. The third kappa shape index (κ3) is 4.93. The molecule has 0 aromatic heterocycles. The Balaban J connectivity index is 0.00000176. The molecule has 1 saturated heterocycles. The number of piperidine rings is 1. The second kappa shape index (κ2) is 8.66. The van der Waals surface area contributed by atoms with Crippen molar-refractivity contribution in [3.05, 3.63) is 60.2 Å². The molecule has 118 valence electrons. The molecule has 3 rings (SSSR count). The molecule has 1 aliphatic heterocycles. The number of nitrogens with one attached hydrogen (secondary N) is 1. The molecule has 0 radical (unpaired) electrons. The number of halogens is 1. The third-order valence-corrected chi connectivity index (χ3v) is 3.66. The molecule has 22 heavy (non-hydrogen) atoms. The molecule has 4 heteroatoms. The van der Waals surface area contributed by atoms with Gasteiger partial charge >= 0.3 is 0 Å². The quantitative estimate of drug-likeness (QED) is 0.909. The third-order valence-electron chi connectivity index (χ3n) is 3.66. The van der Waals surface area contributed by atoms with E-state index in [4.69, 9.17) is 9.47 Å². The van der Waals surface area contributed by atoms with Gasteiger partial charge in [-0.1, -0.05) is 30.3 Å². The summed E-state index contributed by atoms with van der Waals surface area (Å²) in [5, 5.41) is 3.34. The zero-order valence-corrected chi connectivity index (χ0v) is 13.4. The maximum absolute atomic E-state index is 5.98. The van der Waals surface area contributed by atoms with E-state index in [-0.39, 0.29) is 12.4 Å². The number of hydrogen-bond donors (Lipinski definition) is 1. The van der Waals surface area contributed by atoms with E-state index in [1.54, 1.807) is 0 Å². The van der Waals surface area contributed by atoms with E-state index in [1.165, 1.54) is 5.56 Å². The molecular formula is C18H22ClNO2. The summed E-state index contributed by atoms with van der Waals surface area (Å²) >= 11 is 0. The first-order valence-electron chi connectivity index (χ1n) is 7.54. The molecule has 0 unspecified atom stereocenters. The highest BCUT2D eigenvalue weighted by Gasteiger charge is 2.14. The van der Waals surface area contributed by atoms with Gasteiger partial charge in [0.05, 0.1) is 0 Å². The van der Waals surface area contributed by atoms with Crippen LogP contribution in [0.3, 0.4) is 0 Å². The average Bonchev–Trinajstić information content (AvgIpc) is 2.56. The van der Waals surface area contributed by atoms with Gasteiger partial charge in [0.25, 0.3) is 0 Å². The lowest BCUT2D eigenvalue weighted by Crippen LogP contribution is -2.34. The molecule has 1 N–H and O–H groups in total. The van der Waals surface area contributed by atoms with Crippen molar-refractivity contribution in [2.24, 2.45) is 0 Å². The Hall–Kier alpha value is -1.71. The van der Waals surface area contributed by atoms with Crippen LogP contribution in [0.5, 0.6) is 11.5 Å². The molecule has 1 aliphatic rings. The van der Waals surface area contributed by atoms with E-state index in [1.807, 2.05) is 42.5 Å². The summed E-state index contributed by atoms with van der Waals surface area (Å²) < 4.78 is 11.7. The monoisotopic (exact) mass is 319 g/mol. The van der Waals surface area contributed by atoms with Crippen molar-refractivity contribution in [2.75, 3.05) is 13.1 Å². The number of rotatable bonds is 5. The van der Waals surface area contributed by atoms with E-state index >= 15 is 0 Å². The second-order valence-electron chi connectivity index (χ2n) is 5.31. The molecule has 0 saturated carbocycles. The van der Waals surface area contributed by atoms with Gasteiger partial charge in [0, 0.05) is 0 Å². The van der Waals surface area contributed by atoms with Crippen molar-refractivity contribution < 1.29 is 9.47 Å². The van der Waals surface area contributed by atoms with Crippen LogP contribution >= 0.6 is 12.4 Å². The second-order valence-corrected chi connectivity index (χ2v) is 5.31. The van der Waals surface area contributed by atoms with Crippen LogP contribution in [0.2, 0.25) is 0 Å². The highest BCUT2D eigenvalue weighted by atomic mass is 35.5. The first-order valence-corrected chi connectivity index (χ1v) is 7.54. The number of hydrogen-bond acceptors (Lipinski definition) is 3. The molecule has 0 aliphatic carbocycles. The summed E-state index contributed by atoms with van der Waals surface area (Å²) in [6.07, 6.45) is 2.49. The van der Waals surface area contributed by atoms with Gasteiger partial charge in [-0.15, -0.1) is 12.4 Å². The molecule has 2 aromatic rings. The lowest BCUT2D eigenvalue weighted by molar-refractivity contribution is 0.162. The molecule has 1 fully saturated rings. The minimum absolute atomic E-state index is 0. The van der Waals surface area contributed by atoms with Crippen LogP contribution in [0.15, 0.2) is 54.6 Å². The number of ether oxygens (including phenoxy) is 2. The summed E-state index contributed by atoms with van der Waals surface area (Å²) in [5.41, 5.74) is 1.17. The van der Waals surface area contributed by atoms with Gasteiger partial charge in [0.1, 0.15) is 24.2 Å². The Morgan fingerprint density at radius 1 is 0.864 bits per heavy atom. The minimum Gasteiger partial charge on any atom is -0.490 e. The van der Waals surface area contributed by atoms with E-state index < -0.39 is 0 Å². The van der Waals surface area contributed by atoms with E-state index in [0.717, 1.165) is 37.4 Å². The molecule has 1 heterocycles. The Morgan fingerprint density at radius 2 is 1.50 bits per heavy atom. The smallest absolute Gasteiger partial charge is 0.120 e. The summed E-state index contributed by atoms with van der Waals surface area (Å²) in [6.45, 7) is 2.68. The Bertz CT molecular complexity index is 539. The Morgan fingerprint density at radius 3 is 2.18 bits per heavy atom. The number of benzene rings is 2. The van der Waals surface area contributed by atoms with E-state index in [9.17, 15) is 0 Å². The standard InChI is InChI=1S/C18H21NO2.ClH/c1-2-4-15(5-3-1)14-20-16-6-8-17(9-7-16)21-18-10-12-19-13-11-18;/h1-9,18-19H,10-14H2;1H. The summed E-state index contributed by atoms with van der Waals surface area (Å²) in [4.78, 5) is 0. The maximum atomic E-state index is 5.98. The average molecular weight is 320 g/mol. The topological polar surface area (TPSA) is 30.5 Å². The van der Waals surface area contributed by atoms with Gasteiger partial charge in [0.2, 0.25) is 0 Å². The predicted octanol–water partition coefficient (Wildman–Crippen LogP) is 3.82. The van der Waals surface area contributed by atoms with Gasteiger partial charge in [-0.25, -0.2) is 0 Å². The molecule has 3 nitrogen and oxygen atoms in total. The zero-order chi connectivity index (χ0) is 14.3. The van der Waals surface area contributed by atoms with Crippen LogP contribution in [0.4, 0.5) is 0 Å². The highest BCUT2D eigenvalue weighted by molar-refractivity contribution is 5.85. The van der Waals surface area contributed by atoms with Crippen LogP contribution < -0.4 is 14.8 Å². The van der Waals surface area contributed by atoms with Crippen LogP contribution in [-0.2, 0) is 6.61 Å². The van der Waals surface area contributed by atoms with Crippen LogP contribution in [-0.4, -0.2) is 19.2 Å². The molecule has 2 aromatic carbocycles. The van der Waals surface area contributed by atoms with Crippen molar-refractivity contribution in [1.29, 1.82) is 0 Å². The van der Waals surface area contributed by atoms with E-state index in [0.29, 0.717) is 12.7 Å². The van der Waals surface area contributed by atoms with Gasteiger partial charge in [-0.2, -0.15) is 0 Å². The predicted molar refractivity (Wildman–Crippen MR) is 91.0 cm³/mol. The van der Waals surface area contributed by atoms with Gasteiger partial charge in [-0.3, -0.25) is 0 Å².